The maximum Gasteiger partial charge on any atom is 0.285 e. The zero-order valence-electron chi connectivity index (χ0n) is 11.4. The van der Waals surface area contributed by atoms with E-state index in [9.17, 15) is 8.42 Å². The van der Waals surface area contributed by atoms with Crippen molar-refractivity contribution >= 4 is 15.9 Å². The van der Waals surface area contributed by atoms with E-state index >= 15 is 0 Å². The van der Waals surface area contributed by atoms with Crippen molar-refractivity contribution in [3.05, 3.63) is 29.3 Å². The van der Waals surface area contributed by atoms with Crippen LogP contribution in [-0.4, -0.2) is 20.4 Å². The number of hydrogen-bond donors (Lipinski definition) is 0. The van der Waals surface area contributed by atoms with E-state index in [1.54, 1.807) is 25.1 Å². The summed E-state index contributed by atoms with van der Waals surface area (Å²) in [6, 6.07) is 4.96. The lowest BCUT2D eigenvalue weighted by molar-refractivity contribution is 0.227. The monoisotopic (exact) mass is 269 g/mol. The number of rotatable bonds is 3. The fourth-order valence-electron chi connectivity index (χ4n) is 1.46. The Morgan fingerprint density at radius 2 is 1.83 bits per heavy atom. The van der Waals surface area contributed by atoms with Crippen molar-refractivity contribution in [2.24, 2.45) is 4.40 Å². The van der Waals surface area contributed by atoms with Crippen molar-refractivity contribution in [1.82, 2.24) is 0 Å². The number of ether oxygens (including phenoxy) is 1. The number of benzene rings is 1. The zero-order valence-corrected chi connectivity index (χ0v) is 12.2. The van der Waals surface area contributed by atoms with Crippen molar-refractivity contribution in [3.8, 4) is 0 Å². The number of aryl methyl sites for hydroxylation is 2. The molecule has 0 saturated carbocycles. The molecular formula is C13H19NO3S. The highest BCUT2D eigenvalue weighted by molar-refractivity contribution is 7.90. The van der Waals surface area contributed by atoms with Crippen molar-refractivity contribution < 1.29 is 13.2 Å². The van der Waals surface area contributed by atoms with Gasteiger partial charge in [-0.15, -0.1) is 4.40 Å². The van der Waals surface area contributed by atoms with Gasteiger partial charge in [0.25, 0.3) is 10.0 Å². The van der Waals surface area contributed by atoms with Gasteiger partial charge in [0.2, 0.25) is 0 Å². The van der Waals surface area contributed by atoms with Gasteiger partial charge in [-0.2, -0.15) is 8.42 Å². The fourth-order valence-corrected chi connectivity index (χ4v) is 2.51. The quantitative estimate of drug-likeness (QED) is 0.626. The minimum atomic E-state index is -3.68. The topological polar surface area (TPSA) is 55.7 Å². The highest BCUT2D eigenvalue weighted by atomic mass is 32.2. The molecule has 1 rings (SSSR count). The molecule has 0 N–H and O–H groups in total. The second kappa shape index (κ2) is 5.52. The Balaban J connectivity index is 3.10. The first-order valence-electron chi connectivity index (χ1n) is 5.78. The smallest absolute Gasteiger partial charge is 0.285 e. The van der Waals surface area contributed by atoms with E-state index in [0.29, 0.717) is 0 Å². The molecule has 0 saturated heterocycles. The van der Waals surface area contributed by atoms with Crippen LogP contribution in [0.25, 0.3) is 0 Å². The molecule has 0 aliphatic heterocycles. The number of nitrogens with zero attached hydrogens (tertiary/aromatic N) is 1. The summed E-state index contributed by atoms with van der Waals surface area (Å²) in [6.07, 6.45) is -0.0938. The summed E-state index contributed by atoms with van der Waals surface area (Å²) in [5.41, 5.74) is 1.97. The van der Waals surface area contributed by atoms with Crippen LogP contribution < -0.4 is 0 Å². The molecule has 0 aliphatic rings. The summed E-state index contributed by atoms with van der Waals surface area (Å²) < 4.78 is 32.9. The highest BCUT2D eigenvalue weighted by Gasteiger charge is 2.14. The zero-order chi connectivity index (χ0) is 13.9. The Bertz CT molecular complexity index is 560. The minimum absolute atomic E-state index is 0.0938. The molecule has 0 unspecified atom stereocenters. The molecule has 0 atom stereocenters. The lowest BCUT2D eigenvalue weighted by atomic mass is 10.1. The summed E-state index contributed by atoms with van der Waals surface area (Å²) in [7, 11) is -3.68. The molecule has 0 fully saturated rings. The van der Waals surface area contributed by atoms with Gasteiger partial charge in [0.05, 0.1) is 11.0 Å². The van der Waals surface area contributed by atoms with Crippen LogP contribution in [0.3, 0.4) is 0 Å². The normalized spacial score (nSPS) is 12.9. The molecule has 0 heterocycles. The third kappa shape index (κ3) is 3.84. The summed E-state index contributed by atoms with van der Waals surface area (Å²) in [5, 5.41) is 0. The van der Waals surface area contributed by atoms with Gasteiger partial charge >= 0.3 is 0 Å². The van der Waals surface area contributed by atoms with Crippen LogP contribution in [0.15, 0.2) is 27.5 Å². The van der Waals surface area contributed by atoms with Crippen molar-refractivity contribution in [2.75, 3.05) is 0 Å². The van der Waals surface area contributed by atoms with E-state index in [1.807, 2.05) is 27.7 Å². The lowest BCUT2D eigenvalue weighted by Gasteiger charge is -2.09. The molecule has 18 heavy (non-hydrogen) atoms. The van der Waals surface area contributed by atoms with Crippen molar-refractivity contribution in [2.45, 2.75) is 45.6 Å². The molecule has 5 heteroatoms. The second-order valence-corrected chi connectivity index (χ2v) is 6.10. The highest BCUT2D eigenvalue weighted by Crippen LogP contribution is 2.17. The van der Waals surface area contributed by atoms with Crippen molar-refractivity contribution in [1.29, 1.82) is 0 Å². The van der Waals surface area contributed by atoms with Gasteiger partial charge in [-0.1, -0.05) is 6.07 Å². The van der Waals surface area contributed by atoms with E-state index < -0.39 is 10.0 Å². The molecule has 0 radical (unpaired) electrons. The van der Waals surface area contributed by atoms with E-state index in [0.717, 1.165) is 11.1 Å². The molecule has 0 amide bonds. The predicted molar refractivity (Wildman–Crippen MR) is 72.4 cm³/mol. The molecule has 100 valence electrons. The Labute approximate surface area is 109 Å². The maximum absolute atomic E-state index is 12.0. The number of hydrogen-bond acceptors (Lipinski definition) is 3. The molecule has 1 aromatic rings. The van der Waals surface area contributed by atoms with Gasteiger partial charge in [0, 0.05) is 6.92 Å². The largest absolute Gasteiger partial charge is 0.478 e. The second-order valence-electron chi connectivity index (χ2n) is 4.50. The molecule has 1 aromatic carbocycles. The van der Waals surface area contributed by atoms with Crippen molar-refractivity contribution in [3.63, 3.8) is 0 Å². The third-order valence-electron chi connectivity index (χ3n) is 2.43. The first kappa shape index (κ1) is 14.7. The van der Waals surface area contributed by atoms with E-state index in [2.05, 4.69) is 4.40 Å². The van der Waals surface area contributed by atoms with Gasteiger partial charge < -0.3 is 4.74 Å². The van der Waals surface area contributed by atoms with Crippen LogP contribution >= 0.6 is 0 Å². The lowest BCUT2D eigenvalue weighted by Crippen LogP contribution is -2.10. The van der Waals surface area contributed by atoms with Crippen LogP contribution in [0, 0.1) is 13.8 Å². The summed E-state index contributed by atoms with van der Waals surface area (Å²) in [6.45, 7) is 8.99. The predicted octanol–water partition coefficient (Wildman–Crippen LogP) is 2.84. The number of sulfonamides is 1. The molecule has 4 nitrogen and oxygen atoms in total. The fraction of sp³-hybridized carbons (Fsp3) is 0.462. The Morgan fingerprint density at radius 1 is 1.22 bits per heavy atom. The van der Waals surface area contributed by atoms with E-state index in [1.165, 1.54) is 0 Å². The van der Waals surface area contributed by atoms with Gasteiger partial charge in [0.15, 0.2) is 5.90 Å². The Kier molecular flexibility index (Phi) is 4.51. The van der Waals surface area contributed by atoms with Crippen LogP contribution in [0.4, 0.5) is 0 Å². The van der Waals surface area contributed by atoms with E-state index in [4.69, 9.17) is 4.74 Å². The van der Waals surface area contributed by atoms with Gasteiger partial charge in [-0.3, -0.25) is 0 Å². The van der Waals surface area contributed by atoms with Gasteiger partial charge in [0.1, 0.15) is 0 Å². The van der Waals surface area contributed by atoms with E-state index in [-0.39, 0.29) is 16.9 Å². The first-order valence-corrected chi connectivity index (χ1v) is 7.22. The minimum Gasteiger partial charge on any atom is -0.478 e. The molecule has 0 spiro atoms. The maximum atomic E-state index is 12.0. The average Bonchev–Trinajstić information content (AvgIpc) is 2.19. The molecule has 0 aliphatic carbocycles. The SMILES string of the molecule is C/C(=N\S(=O)(=O)c1ccc(C)c(C)c1)OC(C)C. The van der Waals surface area contributed by atoms with Gasteiger partial charge in [-0.25, -0.2) is 0 Å². The third-order valence-corrected chi connectivity index (χ3v) is 3.78. The molecule has 0 aromatic heterocycles. The molecule has 0 bridgehead atoms. The van der Waals surface area contributed by atoms with Crippen LogP contribution in [0.2, 0.25) is 0 Å². The average molecular weight is 269 g/mol. The van der Waals surface area contributed by atoms with Crippen LogP contribution in [-0.2, 0) is 14.8 Å². The Hall–Kier alpha value is -1.36. The summed E-state index contributed by atoms with van der Waals surface area (Å²) in [5.74, 6) is 0.156. The standard InChI is InChI=1S/C13H19NO3S/c1-9(2)17-12(5)14-18(15,16)13-7-6-10(3)11(4)8-13/h6-9H,1-5H3/b14-12+. The first-order chi connectivity index (χ1) is 8.22. The summed E-state index contributed by atoms with van der Waals surface area (Å²) in [4.78, 5) is 0.192. The van der Waals surface area contributed by atoms with Crippen LogP contribution in [0.5, 0.6) is 0 Å². The van der Waals surface area contributed by atoms with Crippen LogP contribution in [0.1, 0.15) is 31.9 Å². The molecular weight excluding hydrogens is 250 g/mol. The van der Waals surface area contributed by atoms with Gasteiger partial charge in [-0.05, 0) is 51.0 Å². The summed E-state index contributed by atoms with van der Waals surface area (Å²) >= 11 is 0. The Morgan fingerprint density at radius 3 is 2.33 bits per heavy atom.